The Balaban J connectivity index is 1.68. The second kappa shape index (κ2) is 6.78. The number of carboxylic acids is 1. The lowest BCUT2D eigenvalue weighted by molar-refractivity contribution is -0.137. The van der Waals surface area contributed by atoms with Crippen LogP contribution >= 0.6 is 0 Å². The molecule has 0 unspecified atom stereocenters. The molecule has 0 aliphatic rings. The van der Waals surface area contributed by atoms with E-state index in [9.17, 15) is 4.79 Å². The quantitative estimate of drug-likeness (QED) is 0.714. The molecule has 5 nitrogen and oxygen atoms in total. The Morgan fingerprint density at radius 2 is 2.11 bits per heavy atom. The van der Waals surface area contributed by atoms with Gasteiger partial charge in [0.15, 0.2) is 0 Å². The lowest BCUT2D eigenvalue weighted by Gasteiger charge is -2.05. The van der Waals surface area contributed by atoms with Crippen LogP contribution in [0.3, 0.4) is 0 Å². The lowest BCUT2D eigenvalue weighted by Crippen LogP contribution is -2.03. The zero-order valence-electron chi connectivity index (χ0n) is 10.8. The number of nitrogens with one attached hydrogen (secondary N) is 1. The first-order chi connectivity index (χ1) is 9.27. The number of hydrogen-bond acceptors (Lipinski definition) is 4. The predicted molar refractivity (Wildman–Crippen MR) is 73.2 cm³/mol. The van der Waals surface area contributed by atoms with Crippen LogP contribution in [0.2, 0.25) is 0 Å². The van der Waals surface area contributed by atoms with Crippen molar-refractivity contribution in [2.75, 3.05) is 11.9 Å². The van der Waals surface area contributed by atoms with Gasteiger partial charge in [0.1, 0.15) is 11.4 Å². The van der Waals surface area contributed by atoms with E-state index in [0.717, 1.165) is 49.0 Å². The zero-order valence-corrected chi connectivity index (χ0v) is 10.8. The van der Waals surface area contributed by atoms with Gasteiger partial charge in [-0.15, -0.1) is 0 Å². The maximum Gasteiger partial charge on any atom is 0.303 e. The van der Waals surface area contributed by atoms with Gasteiger partial charge in [0.25, 0.3) is 0 Å². The van der Waals surface area contributed by atoms with Crippen LogP contribution in [0.1, 0.15) is 32.1 Å². The van der Waals surface area contributed by atoms with Crippen LogP contribution in [0.15, 0.2) is 29.0 Å². The number of unbranched alkanes of at least 4 members (excludes halogenated alkanes) is 3. The minimum Gasteiger partial charge on any atom is -0.481 e. The fourth-order valence-electron chi connectivity index (χ4n) is 2.00. The molecule has 0 spiro atoms. The molecule has 0 atom stereocenters. The van der Waals surface area contributed by atoms with Crippen molar-refractivity contribution in [2.45, 2.75) is 32.1 Å². The summed E-state index contributed by atoms with van der Waals surface area (Å²) in [5.41, 5.74) is 0.832. The van der Waals surface area contributed by atoms with E-state index in [4.69, 9.17) is 9.52 Å². The van der Waals surface area contributed by atoms with Crippen LogP contribution in [0, 0.1) is 0 Å². The number of anilines is 1. The van der Waals surface area contributed by atoms with E-state index in [2.05, 4.69) is 10.3 Å². The van der Waals surface area contributed by atoms with E-state index < -0.39 is 5.97 Å². The molecule has 0 aliphatic carbocycles. The molecule has 0 saturated heterocycles. The number of fused-ring (bicyclic) bond motifs is 1. The van der Waals surface area contributed by atoms with E-state index >= 15 is 0 Å². The number of rotatable bonds is 8. The van der Waals surface area contributed by atoms with Gasteiger partial charge in [-0.3, -0.25) is 4.79 Å². The van der Waals surface area contributed by atoms with Gasteiger partial charge in [0.05, 0.1) is 11.6 Å². The molecule has 5 heteroatoms. The molecular formula is C14H18N2O3. The molecule has 2 heterocycles. The maximum atomic E-state index is 10.3. The van der Waals surface area contributed by atoms with Crippen molar-refractivity contribution in [3.8, 4) is 0 Å². The molecule has 2 N–H and O–H groups in total. The highest BCUT2D eigenvalue weighted by molar-refractivity contribution is 5.87. The van der Waals surface area contributed by atoms with Crippen LogP contribution in [0.25, 0.3) is 11.0 Å². The molecule has 2 aromatic rings. The Morgan fingerprint density at radius 1 is 1.26 bits per heavy atom. The van der Waals surface area contributed by atoms with Gasteiger partial charge in [0.2, 0.25) is 0 Å². The Labute approximate surface area is 111 Å². The molecule has 0 bridgehead atoms. The lowest BCUT2D eigenvalue weighted by atomic mass is 10.1. The van der Waals surface area contributed by atoms with E-state index in [1.54, 1.807) is 12.5 Å². The van der Waals surface area contributed by atoms with E-state index in [1.165, 1.54) is 0 Å². The molecule has 0 saturated carbocycles. The van der Waals surface area contributed by atoms with Gasteiger partial charge in [-0.25, -0.2) is 4.98 Å². The average molecular weight is 262 g/mol. The number of nitrogens with zero attached hydrogens (tertiary/aromatic N) is 1. The SMILES string of the molecule is O=C(O)CCCCCCNc1nccc2occc12. The van der Waals surface area contributed by atoms with Crippen molar-refractivity contribution in [3.63, 3.8) is 0 Å². The summed E-state index contributed by atoms with van der Waals surface area (Å²) in [5, 5.41) is 12.8. The molecule has 0 fully saturated rings. The monoisotopic (exact) mass is 262 g/mol. The summed E-state index contributed by atoms with van der Waals surface area (Å²) in [4.78, 5) is 14.6. The van der Waals surface area contributed by atoms with E-state index in [0.29, 0.717) is 0 Å². The minimum atomic E-state index is -0.714. The number of furan rings is 1. The fraction of sp³-hybridized carbons (Fsp3) is 0.429. The molecule has 2 aromatic heterocycles. The summed E-state index contributed by atoms with van der Waals surface area (Å²) in [6.07, 6.45) is 7.40. The highest BCUT2D eigenvalue weighted by Crippen LogP contribution is 2.21. The van der Waals surface area contributed by atoms with Gasteiger partial charge in [-0.1, -0.05) is 12.8 Å². The van der Waals surface area contributed by atoms with Crippen molar-refractivity contribution in [1.82, 2.24) is 4.98 Å². The summed E-state index contributed by atoms with van der Waals surface area (Å²) < 4.78 is 5.30. The van der Waals surface area contributed by atoms with Crippen LogP contribution in [-0.4, -0.2) is 22.6 Å². The highest BCUT2D eigenvalue weighted by atomic mass is 16.4. The number of aliphatic carboxylic acids is 1. The number of carboxylic acid groups (broad SMARTS) is 1. The zero-order chi connectivity index (χ0) is 13.5. The van der Waals surface area contributed by atoms with Crippen molar-refractivity contribution >= 4 is 22.8 Å². The molecule has 0 radical (unpaired) electrons. The highest BCUT2D eigenvalue weighted by Gasteiger charge is 2.03. The molecule has 2 rings (SSSR count). The van der Waals surface area contributed by atoms with Gasteiger partial charge in [-0.2, -0.15) is 0 Å². The third-order valence-corrected chi connectivity index (χ3v) is 2.99. The van der Waals surface area contributed by atoms with Gasteiger partial charge in [-0.05, 0) is 25.0 Å². The number of aromatic nitrogens is 1. The first-order valence-corrected chi connectivity index (χ1v) is 6.55. The van der Waals surface area contributed by atoms with Gasteiger partial charge in [0, 0.05) is 19.2 Å². The Morgan fingerprint density at radius 3 is 2.95 bits per heavy atom. The largest absolute Gasteiger partial charge is 0.481 e. The summed E-state index contributed by atoms with van der Waals surface area (Å²) >= 11 is 0. The first-order valence-electron chi connectivity index (χ1n) is 6.55. The third kappa shape index (κ3) is 3.98. The normalized spacial score (nSPS) is 10.7. The van der Waals surface area contributed by atoms with Crippen LogP contribution < -0.4 is 5.32 Å². The number of pyridine rings is 1. The predicted octanol–water partition coefficient (Wildman–Crippen LogP) is 3.27. The van der Waals surface area contributed by atoms with Crippen LogP contribution in [0.4, 0.5) is 5.82 Å². The molecule has 0 aliphatic heterocycles. The minimum absolute atomic E-state index is 0.267. The molecular weight excluding hydrogens is 244 g/mol. The maximum absolute atomic E-state index is 10.3. The fourth-order valence-corrected chi connectivity index (χ4v) is 2.00. The topological polar surface area (TPSA) is 75.4 Å². The van der Waals surface area contributed by atoms with Crippen molar-refractivity contribution in [2.24, 2.45) is 0 Å². The summed E-state index contributed by atoms with van der Waals surface area (Å²) in [7, 11) is 0. The Hall–Kier alpha value is -2.04. The Bertz CT molecular complexity index is 536. The first kappa shape index (κ1) is 13.4. The summed E-state index contributed by atoms with van der Waals surface area (Å²) in [5.74, 6) is 0.130. The summed E-state index contributed by atoms with van der Waals surface area (Å²) in [6.45, 7) is 0.838. The molecule has 102 valence electrons. The third-order valence-electron chi connectivity index (χ3n) is 2.99. The van der Waals surface area contributed by atoms with Crippen molar-refractivity contribution in [3.05, 3.63) is 24.6 Å². The number of hydrogen-bond donors (Lipinski definition) is 2. The van der Waals surface area contributed by atoms with Gasteiger partial charge >= 0.3 is 5.97 Å². The second-order valence-electron chi connectivity index (χ2n) is 4.48. The number of carbonyl (C=O) groups is 1. The van der Waals surface area contributed by atoms with Crippen LogP contribution in [-0.2, 0) is 4.79 Å². The van der Waals surface area contributed by atoms with E-state index in [1.807, 2.05) is 12.1 Å². The molecule has 0 aromatic carbocycles. The molecule has 0 amide bonds. The molecule has 19 heavy (non-hydrogen) atoms. The summed E-state index contributed by atoms with van der Waals surface area (Å²) in [6, 6.07) is 3.74. The second-order valence-corrected chi connectivity index (χ2v) is 4.48. The van der Waals surface area contributed by atoms with Crippen LogP contribution in [0.5, 0.6) is 0 Å². The van der Waals surface area contributed by atoms with E-state index in [-0.39, 0.29) is 6.42 Å². The average Bonchev–Trinajstić information content (AvgIpc) is 2.86. The Kier molecular flexibility index (Phi) is 4.78. The smallest absolute Gasteiger partial charge is 0.303 e. The standard InChI is InChI=1S/C14H18N2O3/c17-13(18)5-3-1-2-4-8-15-14-11-7-10-19-12(11)6-9-16-14/h6-7,9-10H,1-5,8H2,(H,15,16)(H,17,18). The van der Waals surface area contributed by atoms with Crippen molar-refractivity contribution in [1.29, 1.82) is 0 Å². The van der Waals surface area contributed by atoms with Crippen molar-refractivity contribution < 1.29 is 14.3 Å². The van der Waals surface area contributed by atoms with Gasteiger partial charge < -0.3 is 14.8 Å².